The molecule has 10 heteroatoms. The third kappa shape index (κ3) is 9.72. The summed E-state index contributed by atoms with van der Waals surface area (Å²) in [7, 11) is 3.20. The highest BCUT2D eigenvalue weighted by Crippen LogP contribution is 2.21. The Hall–Kier alpha value is -2.07. The van der Waals surface area contributed by atoms with E-state index in [2.05, 4.69) is 31.4 Å². The van der Waals surface area contributed by atoms with E-state index < -0.39 is 0 Å². The molecule has 8 nitrogen and oxygen atoms in total. The molecule has 2 amide bonds. The van der Waals surface area contributed by atoms with Gasteiger partial charge in [-0.05, 0) is 26.0 Å². The summed E-state index contributed by atoms with van der Waals surface area (Å²) in [6.07, 6.45) is 5.06. The second-order valence-corrected chi connectivity index (χ2v) is 7.21. The van der Waals surface area contributed by atoms with Gasteiger partial charge in [0, 0.05) is 43.1 Å². The molecule has 25 heavy (non-hydrogen) atoms. The van der Waals surface area contributed by atoms with Gasteiger partial charge in [0.2, 0.25) is 5.91 Å². The third-order valence-electron chi connectivity index (χ3n) is 2.62. The van der Waals surface area contributed by atoms with Crippen molar-refractivity contribution in [2.45, 2.75) is 20.3 Å². The number of anilines is 1. The second-order valence-electron chi connectivity index (χ2n) is 4.50. The van der Waals surface area contributed by atoms with E-state index in [4.69, 9.17) is 0 Å². The molecule has 0 unspecified atom stereocenters. The number of rotatable bonds is 11. The first-order valence-corrected chi connectivity index (χ1v) is 10.1. The highest BCUT2D eigenvalue weighted by Gasteiger charge is 2.05. The number of nitrogens with one attached hydrogen (secondary N) is 3. The molecule has 0 radical (unpaired) electrons. The van der Waals surface area contributed by atoms with Gasteiger partial charge < -0.3 is 5.32 Å². The maximum Gasteiger partial charge on any atom is 0.252 e. The summed E-state index contributed by atoms with van der Waals surface area (Å²) >= 11 is 0. The van der Waals surface area contributed by atoms with Gasteiger partial charge in [-0.25, -0.2) is 10.4 Å². The standard InChI is InChI=1S/C15H22N6O2S2/c1-3-18-20-13-6-5-12(11-17-13)15(23)16-8-10-25-24-9-7-14(22)21-19-4-2/h3-6,11H,7-10H2,1-2H3,(H,16,23)(H,17,20)(H,21,22)/b18-3+,19-4+. The lowest BCUT2D eigenvalue weighted by Crippen LogP contribution is -2.25. The van der Waals surface area contributed by atoms with Gasteiger partial charge >= 0.3 is 0 Å². The normalized spacial score (nSPS) is 11.0. The Bertz CT molecular complexity index is 592. The summed E-state index contributed by atoms with van der Waals surface area (Å²) in [5, 5.41) is 10.3. The van der Waals surface area contributed by atoms with Gasteiger partial charge in [-0.3, -0.25) is 15.0 Å². The van der Waals surface area contributed by atoms with Crippen LogP contribution in [0, 0.1) is 0 Å². The minimum Gasteiger partial charge on any atom is -0.351 e. The van der Waals surface area contributed by atoms with Crippen LogP contribution in [0.2, 0.25) is 0 Å². The molecule has 0 aliphatic carbocycles. The minimum atomic E-state index is -0.166. The molecule has 0 aromatic carbocycles. The third-order valence-corrected chi connectivity index (χ3v) is 5.03. The van der Waals surface area contributed by atoms with E-state index in [-0.39, 0.29) is 11.8 Å². The molecule has 0 spiro atoms. The molecule has 0 atom stereocenters. The van der Waals surface area contributed by atoms with Gasteiger partial charge in [0.25, 0.3) is 5.91 Å². The van der Waals surface area contributed by atoms with Crippen molar-refractivity contribution in [3.63, 3.8) is 0 Å². The topological polar surface area (TPSA) is 108 Å². The van der Waals surface area contributed by atoms with Crippen molar-refractivity contribution < 1.29 is 9.59 Å². The number of nitrogens with zero attached hydrogens (tertiary/aromatic N) is 3. The smallest absolute Gasteiger partial charge is 0.252 e. The Morgan fingerprint density at radius 3 is 2.60 bits per heavy atom. The Balaban J connectivity index is 2.13. The van der Waals surface area contributed by atoms with Gasteiger partial charge in [-0.2, -0.15) is 10.2 Å². The molecule has 1 aromatic heterocycles. The molecule has 3 N–H and O–H groups in total. The molecular formula is C15H22N6O2S2. The number of hydrazone groups is 2. The lowest BCUT2D eigenvalue weighted by atomic mass is 10.2. The highest BCUT2D eigenvalue weighted by molar-refractivity contribution is 8.76. The maximum absolute atomic E-state index is 12.0. The molecule has 0 fully saturated rings. The average Bonchev–Trinajstić information content (AvgIpc) is 2.64. The molecule has 1 heterocycles. The Labute approximate surface area is 155 Å². The van der Waals surface area contributed by atoms with Crippen LogP contribution in [0.25, 0.3) is 0 Å². The van der Waals surface area contributed by atoms with E-state index in [1.807, 2.05) is 0 Å². The zero-order valence-corrected chi connectivity index (χ0v) is 15.8. The Morgan fingerprint density at radius 1 is 1.16 bits per heavy atom. The van der Waals surface area contributed by atoms with E-state index in [0.717, 1.165) is 5.75 Å². The van der Waals surface area contributed by atoms with Crippen LogP contribution in [-0.4, -0.2) is 47.3 Å². The highest BCUT2D eigenvalue weighted by atomic mass is 33.1. The molecule has 0 saturated carbocycles. The Morgan fingerprint density at radius 2 is 1.92 bits per heavy atom. The van der Waals surface area contributed by atoms with E-state index in [1.165, 1.54) is 12.4 Å². The van der Waals surface area contributed by atoms with Crippen LogP contribution >= 0.6 is 21.6 Å². The van der Waals surface area contributed by atoms with Gasteiger partial charge in [-0.1, -0.05) is 21.6 Å². The van der Waals surface area contributed by atoms with Crippen molar-refractivity contribution >= 4 is 51.6 Å². The fraction of sp³-hybridized carbons (Fsp3) is 0.400. The number of carbonyl (C=O) groups excluding carboxylic acids is 2. The first-order valence-electron chi connectivity index (χ1n) is 7.66. The van der Waals surface area contributed by atoms with Crippen molar-refractivity contribution in [2.75, 3.05) is 23.5 Å². The van der Waals surface area contributed by atoms with E-state index in [9.17, 15) is 9.59 Å². The van der Waals surface area contributed by atoms with Crippen LogP contribution in [0.1, 0.15) is 30.6 Å². The minimum absolute atomic E-state index is 0.102. The molecule has 0 saturated heterocycles. The number of carbonyl (C=O) groups is 2. The van der Waals surface area contributed by atoms with Gasteiger partial charge in [0.1, 0.15) is 5.82 Å². The molecular weight excluding hydrogens is 360 g/mol. The number of pyridine rings is 1. The van der Waals surface area contributed by atoms with Crippen molar-refractivity contribution in [1.29, 1.82) is 0 Å². The molecule has 0 aliphatic rings. The SMILES string of the molecule is C/C=N/NC(=O)CCSSCCNC(=O)c1ccc(N/N=C/C)nc1. The van der Waals surface area contributed by atoms with E-state index in [1.54, 1.807) is 53.8 Å². The van der Waals surface area contributed by atoms with Crippen molar-refractivity contribution in [3.05, 3.63) is 23.9 Å². The lowest BCUT2D eigenvalue weighted by molar-refractivity contribution is -0.120. The van der Waals surface area contributed by atoms with Crippen molar-refractivity contribution in [1.82, 2.24) is 15.7 Å². The van der Waals surface area contributed by atoms with E-state index >= 15 is 0 Å². The number of hydrogen-bond acceptors (Lipinski definition) is 8. The summed E-state index contributed by atoms with van der Waals surface area (Å²) in [4.78, 5) is 27.4. The summed E-state index contributed by atoms with van der Waals surface area (Å²) < 4.78 is 0. The average molecular weight is 383 g/mol. The van der Waals surface area contributed by atoms with Crippen molar-refractivity contribution in [2.24, 2.45) is 10.2 Å². The lowest BCUT2D eigenvalue weighted by Gasteiger charge is -2.05. The van der Waals surface area contributed by atoms with Crippen LogP contribution in [0.15, 0.2) is 28.5 Å². The molecule has 1 rings (SSSR count). The zero-order chi connectivity index (χ0) is 18.3. The summed E-state index contributed by atoms with van der Waals surface area (Å²) in [5.41, 5.74) is 5.65. The zero-order valence-electron chi connectivity index (χ0n) is 14.2. The van der Waals surface area contributed by atoms with Crippen LogP contribution in [0.3, 0.4) is 0 Å². The maximum atomic E-state index is 12.0. The Kier molecular flexibility index (Phi) is 11.1. The largest absolute Gasteiger partial charge is 0.351 e. The second kappa shape index (κ2) is 13.2. The van der Waals surface area contributed by atoms with Crippen molar-refractivity contribution in [3.8, 4) is 0 Å². The summed E-state index contributed by atoms with van der Waals surface area (Å²) in [5.74, 6) is 1.76. The fourth-order valence-corrected chi connectivity index (χ4v) is 3.37. The summed E-state index contributed by atoms with van der Waals surface area (Å²) in [6, 6.07) is 3.38. The predicted octanol–water partition coefficient (Wildman–Crippen LogP) is 2.12. The van der Waals surface area contributed by atoms with Gasteiger partial charge in [0.05, 0.1) is 5.56 Å². The number of hydrogen-bond donors (Lipinski definition) is 3. The molecule has 136 valence electrons. The molecule has 1 aromatic rings. The van der Waals surface area contributed by atoms with Crippen LogP contribution in [0.4, 0.5) is 5.82 Å². The van der Waals surface area contributed by atoms with Crippen LogP contribution < -0.4 is 16.2 Å². The predicted molar refractivity (Wildman–Crippen MR) is 106 cm³/mol. The monoisotopic (exact) mass is 382 g/mol. The number of amides is 2. The summed E-state index contributed by atoms with van der Waals surface area (Å²) in [6.45, 7) is 4.07. The van der Waals surface area contributed by atoms with Crippen LogP contribution in [-0.2, 0) is 4.79 Å². The molecule has 0 bridgehead atoms. The number of aromatic nitrogens is 1. The van der Waals surface area contributed by atoms with Gasteiger partial charge in [0.15, 0.2) is 0 Å². The van der Waals surface area contributed by atoms with E-state index in [0.29, 0.717) is 30.1 Å². The fourth-order valence-electron chi connectivity index (χ4n) is 1.48. The quantitative estimate of drug-likeness (QED) is 0.234. The first-order chi connectivity index (χ1) is 12.2. The van der Waals surface area contributed by atoms with Crippen LogP contribution in [0.5, 0.6) is 0 Å². The first kappa shape index (κ1) is 21.0. The molecule has 0 aliphatic heterocycles. The van der Waals surface area contributed by atoms with Gasteiger partial charge in [-0.15, -0.1) is 0 Å².